The highest BCUT2D eigenvalue weighted by atomic mass is 16.5. The van der Waals surface area contributed by atoms with Crippen molar-refractivity contribution in [3.63, 3.8) is 0 Å². The molecule has 0 spiro atoms. The van der Waals surface area contributed by atoms with Gasteiger partial charge in [0.15, 0.2) is 0 Å². The molecule has 0 fully saturated rings. The van der Waals surface area contributed by atoms with Gasteiger partial charge in [-0.2, -0.15) is 10.4 Å². The molecule has 4 rings (SSSR count). The molecule has 2 heterocycles. The van der Waals surface area contributed by atoms with Crippen LogP contribution in [0, 0.1) is 18.3 Å². The Balaban J connectivity index is 1.56. The summed E-state index contributed by atoms with van der Waals surface area (Å²) in [5.41, 5.74) is 3.72. The van der Waals surface area contributed by atoms with Crippen molar-refractivity contribution in [3.05, 3.63) is 78.1 Å². The summed E-state index contributed by atoms with van der Waals surface area (Å²) in [5.74, 6) is 1.01. The molecular formula is C26H24N6O3. The Morgan fingerprint density at radius 3 is 2.49 bits per heavy atom. The van der Waals surface area contributed by atoms with Gasteiger partial charge in [-0.25, -0.2) is 4.52 Å². The molecule has 4 aromatic rings. The summed E-state index contributed by atoms with van der Waals surface area (Å²) >= 11 is 0. The van der Waals surface area contributed by atoms with E-state index in [2.05, 4.69) is 27.1 Å². The Hall–Kier alpha value is -4.84. The molecule has 2 amide bonds. The SMILES string of the molecule is CC(=O)NCCC(=O)Nc1cn2ncc(C#N)c(Nc3ccc(Oc4ccccc4)cc3)c2c1C. The van der Waals surface area contributed by atoms with E-state index in [9.17, 15) is 14.9 Å². The quantitative estimate of drug-likeness (QED) is 0.350. The van der Waals surface area contributed by atoms with Crippen molar-refractivity contribution in [1.29, 1.82) is 5.26 Å². The van der Waals surface area contributed by atoms with Crippen LogP contribution in [0.1, 0.15) is 24.5 Å². The van der Waals surface area contributed by atoms with Gasteiger partial charge >= 0.3 is 0 Å². The van der Waals surface area contributed by atoms with E-state index in [4.69, 9.17) is 4.74 Å². The third-order valence-corrected chi connectivity index (χ3v) is 5.28. The maximum absolute atomic E-state index is 12.3. The second kappa shape index (κ2) is 10.4. The van der Waals surface area contributed by atoms with Crippen LogP contribution in [-0.4, -0.2) is 28.0 Å². The molecule has 35 heavy (non-hydrogen) atoms. The molecular weight excluding hydrogens is 444 g/mol. The van der Waals surface area contributed by atoms with E-state index < -0.39 is 0 Å². The number of carbonyl (C=O) groups is 2. The number of aryl methyl sites for hydroxylation is 1. The molecule has 0 unspecified atom stereocenters. The van der Waals surface area contributed by atoms with Gasteiger partial charge in [0.2, 0.25) is 11.8 Å². The highest BCUT2D eigenvalue weighted by molar-refractivity contribution is 5.96. The largest absolute Gasteiger partial charge is 0.457 e. The molecule has 9 nitrogen and oxygen atoms in total. The fourth-order valence-corrected chi connectivity index (χ4v) is 3.57. The Morgan fingerprint density at radius 1 is 1.09 bits per heavy atom. The number of rotatable bonds is 8. The summed E-state index contributed by atoms with van der Waals surface area (Å²) in [4.78, 5) is 23.3. The van der Waals surface area contributed by atoms with Crippen LogP contribution in [0.25, 0.3) is 5.52 Å². The second-order valence-corrected chi connectivity index (χ2v) is 7.85. The predicted molar refractivity (Wildman–Crippen MR) is 133 cm³/mol. The van der Waals surface area contributed by atoms with Crippen molar-refractivity contribution in [1.82, 2.24) is 14.9 Å². The molecule has 0 atom stereocenters. The molecule has 0 saturated carbocycles. The Morgan fingerprint density at radius 2 is 1.80 bits per heavy atom. The van der Waals surface area contributed by atoms with Gasteiger partial charge in [0.05, 0.1) is 34.8 Å². The van der Waals surface area contributed by atoms with E-state index >= 15 is 0 Å². The number of ether oxygens (including phenoxy) is 1. The second-order valence-electron chi connectivity index (χ2n) is 7.85. The van der Waals surface area contributed by atoms with Crippen LogP contribution in [-0.2, 0) is 9.59 Å². The Labute approximate surface area is 202 Å². The number of fused-ring (bicyclic) bond motifs is 1. The van der Waals surface area contributed by atoms with Crippen molar-refractivity contribution in [2.24, 2.45) is 0 Å². The first-order valence-electron chi connectivity index (χ1n) is 11.0. The molecule has 0 saturated heterocycles. The molecule has 2 aromatic carbocycles. The van der Waals surface area contributed by atoms with Crippen LogP contribution in [0.15, 0.2) is 67.0 Å². The summed E-state index contributed by atoms with van der Waals surface area (Å²) in [6.45, 7) is 3.50. The van der Waals surface area contributed by atoms with Gasteiger partial charge in [0, 0.05) is 31.1 Å². The number of amides is 2. The van der Waals surface area contributed by atoms with Crippen LogP contribution in [0.2, 0.25) is 0 Å². The van der Waals surface area contributed by atoms with E-state index in [1.807, 2.05) is 61.5 Å². The number of hydrogen-bond acceptors (Lipinski definition) is 6. The lowest BCUT2D eigenvalue weighted by Crippen LogP contribution is -2.25. The smallest absolute Gasteiger partial charge is 0.226 e. The first kappa shape index (κ1) is 23.3. The van der Waals surface area contributed by atoms with Crippen LogP contribution in [0.5, 0.6) is 11.5 Å². The lowest BCUT2D eigenvalue weighted by molar-refractivity contribution is -0.119. The van der Waals surface area contributed by atoms with Gasteiger partial charge in [-0.1, -0.05) is 18.2 Å². The number of nitriles is 1. The first-order valence-corrected chi connectivity index (χ1v) is 11.0. The molecule has 3 N–H and O–H groups in total. The lowest BCUT2D eigenvalue weighted by Gasteiger charge is -2.12. The summed E-state index contributed by atoms with van der Waals surface area (Å²) in [7, 11) is 0. The highest BCUT2D eigenvalue weighted by Crippen LogP contribution is 2.33. The number of anilines is 3. The van der Waals surface area contributed by atoms with Crippen LogP contribution in [0.3, 0.4) is 0 Å². The molecule has 0 aliphatic heterocycles. The average molecular weight is 469 g/mol. The van der Waals surface area contributed by atoms with Gasteiger partial charge in [-0.3, -0.25) is 9.59 Å². The van der Waals surface area contributed by atoms with Crippen molar-refractivity contribution < 1.29 is 14.3 Å². The minimum absolute atomic E-state index is 0.143. The van der Waals surface area contributed by atoms with E-state index in [1.165, 1.54) is 13.1 Å². The zero-order valence-electron chi connectivity index (χ0n) is 19.3. The third-order valence-electron chi connectivity index (χ3n) is 5.28. The van der Waals surface area contributed by atoms with Crippen molar-refractivity contribution in [2.75, 3.05) is 17.2 Å². The fourth-order valence-electron chi connectivity index (χ4n) is 3.57. The van der Waals surface area contributed by atoms with Crippen molar-refractivity contribution in [2.45, 2.75) is 20.3 Å². The Kier molecular flexibility index (Phi) is 6.93. The minimum atomic E-state index is -0.234. The summed E-state index contributed by atoms with van der Waals surface area (Å²) in [6.07, 6.45) is 3.32. The van der Waals surface area contributed by atoms with E-state index in [0.29, 0.717) is 28.2 Å². The number of para-hydroxylation sites is 1. The number of hydrogen-bond donors (Lipinski definition) is 3. The van der Waals surface area contributed by atoms with Gasteiger partial charge in [-0.05, 0) is 43.3 Å². The van der Waals surface area contributed by atoms with Crippen LogP contribution in [0.4, 0.5) is 17.1 Å². The number of benzene rings is 2. The van der Waals surface area contributed by atoms with Crippen LogP contribution < -0.4 is 20.7 Å². The maximum Gasteiger partial charge on any atom is 0.226 e. The van der Waals surface area contributed by atoms with E-state index in [1.54, 1.807) is 10.7 Å². The number of nitrogens with one attached hydrogen (secondary N) is 3. The van der Waals surface area contributed by atoms with Gasteiger partial charge in [0.25, 0.3) is 0 Å². The van der Waals surface area contributed by atoms with E-state index in [-0.39, 0.29) is 24.8 Å². The predicted octanol–water partition coefficient (Wildman–Crippen LogP) is 4.52. The van der Waals surface area contributed by atoms with E-state index in [0.717, 1.165) is 17.0 Å². The summed E-state index contributed by atoms with van der Waals surface area (Å²) in [6, 6.07) is 19.1. The van der Waals surface area contributed by atoms with Crippen molar-refractivity contribution in [3.8, 4) is 17.6 Å². The zero-order chi connectivity index (χ0) is 24.8. The molecule has 176 valence electrons. The number of carbonyl (C=O) groups excluding carboxylic acids is 2. The topological polar surface area (TPSA) is 121 Å². The Bertz CT molecular complexity index is 1410. The molecule has 0 aliphatic rings. The maximum atomic E-state index is 12.3. The summed E-state index contributed by atoms with van der Waals surface area (Å²) in [5, 5.41) is 22.8. The summed E-state index contributed by atoms with van der Waals surface area (Å²) < 4.78 is 7.46. The number of aromatic nitrogens is 2. The van der Waals surface area contributed by atoms with Gasteiger partial charge in [-0.15, -0.1) is 0 Å². The third kappa shape index (κ3) is 5.57. The molecule has 0 aliphatic carbocycles. The normalized spacial score (nSPS) is 10.4. The van der Waals surface area contributed by atoms with Gasteiger partial charge in [0.1, 0.15) is 17.6 Å². The molecule has 0 bridgehead atoms. The fraction of sp³-hybridized carbons (Fsp3) is 0.154. The monoisotopic (exact) mass is 468 g/mol. The first-order chi connectivity index (χ1) is 16.9. The highest BCUT2D eigenvalue weighted by Gasteiger charge is 2.17. The number of nitrogens with zero attached hydrogens (tertiary/aromatic N) is 3. The molecule has 0 radical (unpaired) electrons. The van der Waals surface area contributed by atoms with Crippen molar-refractivity contribution >= 4 is 34.4 Å². The molecule has 2 aromatic heterocycles. The van der Waals surface area contributed by atoms with Gasteiger partial charge < -0.3 is 20.7 Å². The lowest BCUT2D eigenvalue weighted by atomic mass is 10.1. The van der Waals surface area contributed by atoms with Crippen LogP contribution >= 0.6 is 0 Å². The zero-order valence-corrected chi connectivity index (χ0v) is 19.3. The molecule has 9 heteroatoms. The standard InChI is InChI=1S/C26H24N6O3/c1-17-23(31-24(34)12-13-28-18(2)33)16-32-26(17)25(19(14-27)15-29-32)30-20-8-10-22(11-9-20)35-21-6-4-3-5-7-21/h3-11,15-16,30H,12-13H2,1-2H3,(H,28,33)(H,31,34). The minimum Gasteiger partial charge on any atom is -0.457 e. The average Bonchev–Trinajstić information content (AvgIpc) is 3.16.